The molecule has 1 aromatic carbocycles. The molecule has 3 heterocycles. The van der Waals surface area contributed by atoms with Crippen LogP contribution in [0.3, 0.4) is 0 Å². The van der Waals surface area contributed by atoms with Gasteiger partial charge in [-0.05, 0) is 31.1 Å². The first kappa shape index (κ1) is 16.4. The smallest absolute Gasteiger partial charge is 0.326 e. The van der Waals surface area contributed by atoms with E-state index in [2.05, 4.69) is 25.0 Å². The molecule has 1 aliphatic rings. The second kappa shape index (κ2) is 6.15. The van der Waals surface area contributed by atoms with Gasteiger partial charge in [0.25, 0.3) is 0 Å². The van der Waals surface area contributed by atoms with Crippen LogP contribution in [0.15, 0.2) is 46.3 Å². The first-order valence-electron chi connectivity index (χ1n) is 8.78. The number of aromatic nitrogens is 5. The summed E-state index contributed by atoms with van der Waals surface area (Å²) >= 11 is 0. The molecule has 140 valence electrons. The zero-order valence-corrected chi connectivity index (χ0v) is 14.6. The molecule has 8 nitrogen and oxygen atoms in total. The molecule has 3 aromatic heterocycles. The Balaban J connectivity index is 1.79. The fraction of sp³-hybridized carbons (Fsp3) is 0.158. The SMILES string of the molecule is O=c1[nH]c(O)c(C=c2cnn3c(=NC4CC4)cc(-c4cccc(F)c4)nc23)[nH]1. The maximum Gasteiger partial charge on any atom is 0.326 e. The fourth-order valence-corrected chi connectivity index (χ4v) is 2.99. The van der Waals surface area contributed by atoms with Crippen molar-refractivity contribution in [2.75, 3.05) is 0 Å². The van der Waals surface area contributed by atoms with Gasteiger partial charge in [0.2, 0.25) is 5.88 Å². The molecule has 0 aliphatic heterocycles. The number of imidazole rings is 1. The monoisotopic (exact) mass is 378 g/mol. The van der Waals surface area contributed by atoms with E-state index in [1.807, 2.05) is 0 Å². The van der Waals surface area contributed by atoms with Crippen LogP contribution in [0.1, 0.15) is 18.5 Å². The summed E-state index contributed by atoms with van der Waals surface area (Å²) in [7, 11) is 0. The lowest BCUT2D eigenvalue weighted by atomic mass is 10.1. The summed E-state index contributed by atoms with van der Waals surface area (Å²) in [6.45, 7) is 0. The lowest BCUT2D eigenvalue weighted by molar-refractivity contribution is 0.454. The van der Waals surface area contributed by atoms with Crippen molar-refractivity contribution in [3.63, 3.8) is 0 Å². The molecular weight excluding hydrogens is 363 g/mol. The Bertz CT molecular complexity index is 1380. The Kier molecular flexibility index (Phi) is 3.61. The van der Waals surface area contributed by atoms with E-state index in [1.54, 1.807) is 35.0 Å². The van der Waals surface area contributed by atoms with E-state index in [4.69, 9.17) is 0 Å². The average molecular weight is 378 g/mol. The third-order valence-electron chi connectivity index (χ3n) is 4.50. The Morgan fingerprint density at radius 3 is 2.86 bits per heavy atom. The van der Waals surface area contributed by atoms with Gasteiger partial charge in [-0.3, -0.25) is 9.98 Å². The van der Waals surface area contributed by atoms with Crippen LogP contribution in [0.25, 0.3) is 23.0 Å². The van der Waals surface area contributed by atoms with E-state index in [0.717, 1.165) is 12.8 Å². The van der Waals surface area contributed by atoms with Crippen LogP contribution in [-0.4, -0.2) is 35.7 Å². The lowest BCUT2D eigenvalue weighted by Gasteiger charge is -2.03. The van der Waals surface area contributed by atoms with Crippen LogP contribution < -0.4 is 16.4 Å². The fourth-order valence-electron chi connectivity index (χ4n) is 2.99. The van der Waals surface area contributed by atoms with Gasteiger partial charge >= 0.3 is 5.69 Å². The largest absolute Gasteiger partial charge is 0.493 e. The number of rotatable bonds is 3. The average Bonchev–Trinajstić information content (AvgIpc) is 3.30. The first-order valence-corrected chi connectivity index (χ1v) is 8.78. The highest BCUT2D eigenvalue weighted by molar-refractivity contribution is 5.63. The summed E-state index contributed by atoms with van der Waals surface area (Å²) in [6.07, 6.45) is 5.20. The molecule has 4 aromatic rings. The second-order valence-electron chi connectivity index (χ2n) is 6.69. The van der Waals surface area contributed by atoms with Gasteiger partial charge in [-0.15, -0.1) is 0 Å². The summed E-state index contributed by atoms with van der Waals surface area (Å²) in [5, 5.41) is 14.8. The first-order chi connectivity index (χ1) is 13.6. The third-order valence-corrected chi connectivity index (χ3v) is 4.50. The van der Waals surface area contributed by atoms with Crippen molar-refractivity contribution in [1.82, 2.24) is 24.6 Å². The molecule has 0 saturated heterocycles. The molecule has 0 radical (unpaired) electrons. The van der Waals surface area contributed by atoms with Gasteiger partial charge in [0.15, 0.2) is 11.1 Å². The van der Waals surface area contributed by atoms with Crippen LogP contribution in [0.5, 0.6) is 5.88 Å². The minimum atomic E-state index is -0.516. The van der Waals surface area contributed by atoms with Crippen LogP contribution in [0, 0.1) is 5.82 Å². The summed E-state index contributed by atoms with van der Waals surface area (Å²) in [5.41, 5.74) is 2.01. The van der Waals surface area contributed by atoms with E-state index in [9.17, 15) is 14.3 Å². The van der Waals surface area contributed by atoms with Gasteiger partial charge < -0.3 is 10.1 Å². The molecule has 1 saturated carbocycles. The Labute approximate surface area is 156 Å². The van der Waals surface area contributed by atoms with E-state index in [1.165, 1.54) is 12.1 Å². The van der Waals surface area contributed by atoms with Crippen molar-refractivity contribution in [1.29, 1.82) is 0 Å². The van der Waals surface area contributed by atoms with Crippen molar-refractivity contribution in [3.05, 3.63) is 69.2 Å². The summed E-state index contributed by atoms with van der Waals surface area (Å²) in [6, 6.07) is 8.23. The zero-order valence-electron chi connectivity index (χ0n) is 14.6. The molecule has 0 unspecified atom stereocenters. The molecule has 0 atom stereocenters. The minimum Gasteiger partial charge on any atom is -0.493 e. The molecule has 3 N–H and O–H groups in total. The number of halogens is 1. The molecule has 0 amide bonds. The van der Waals surface area contributed by atoms with E-state index in [0.29, 0.717) is 27.6 Å². The van der Waals surface area contributed by atoms with Gasteiger partial charge in [0.05, 0.1) is 17.9 Å². The van der Waals surface area contributed by atoms with Crippen molar-refractivity contribution in [2.24, 2.45) is 4.99 Å². The predicted octanol–water partition coefficient (Wildman–Crippen LogP) is 0.868. The Morgan fingerprint density at radius 2 is 2.14 bits per heavy atom. The molecular formula is C19H15FN6O2. The quantitative estimate of drug-likeness (QED) is 0.491. The number of aromatic amines is 2. The van der Waals surface area contributed by atoms with Gasteiger partial charge in [0.1, 0.15) is 11.5 Å². The number of hydrogen-bond acceptors (Lipinski definition) is 5. The van der Waals surface area contributed by atoms with Crippen molar-refractivity contribution in [3.8, 4) is 17.1 Å². The highest BCUT2D eigenvalue weighted by atomic mass is 19.1. The van der Waals surface area contributed by atoms with E-state index < -0.39 is 5.69 Å². The zero-order chi connectivity index (χ0) is 19.3. The lowest BCUT2D eigenvalue weighted by Crippen LogP contribution is -2.19. The number of benzene rings is 1. The Hall–Kier alpha value is -3.75. The molecule has 0 spiro atoms. The number of nitrogens with one attached hydrogen (secondary N) is 2. The molecule has 1 fully saturated rings. The predicted molar refractivity (Wildman–Crippen MR) is 98.8 cm³/mol. The van der Waals surface area contributed by atoms with Crippen LogP contribution in [0.2, 0.25) is 0 Å². The summed E-state index contributed by atoms with van der Waals surface area (Å²) < 4.78 is 15.3. The molecule has 5 rings (SSSR count). The van der Waals surface area contributed by atoms with Crippen molar-refractivity contribution in [2.45, 2.75) is 18.9 Å². The topological polar surface area (TPSA) is 111 Å². The number of H-pyrrole nitrogens is 2. The van der Waals surface area contributed by atoms with Gasteiger partial charge in [0, 0.05) is 16.8 Å². The van der Waals surface area contributed by atoms with Crippen LogP contribution >= 0.6 is 0 Å². The van der Waals surface area contributed by atoms with E-state index >= 15 is 0 Å². The molecule has 28 heavy (non-hydrogen) atoms. The Morgan fingerprint density at radius 1 is 1.29 bits per heavy atom. The summed E-state index contributed by atoms with van der Waals surface area (Å²) in [5.74, 6) is -0.622. The maximum atomic E-state index is 13.7. The highest BCUT2D eigenvalue weighted by Crippen LogP contribution is 2.23. The van der Waals surface area contributed by atoms with Crippen LogP contribution in [0.4, 0.5) is 4.39 Å². The van der Waals surface area contributed by atoms with Crippen molar-refractivity contribution < 1.29 is 9.50 Å². The van der Waals surface area contributed by atoms with Crippen molar-refractivity contribution >= 4 is 11.7 Å². The van der Waals surface area contributed by atoms with E-state index in [-0.39, 0.29) is 23.4 Å². The number of hydrogen-bond donors (Lipinski definition) is 3. The minimum absolute atomic E-state index is 0.221. The number of nitrogens with zero attached hydrogens (tertiary/aromatic N) is 4. The summed E-state index contributed by atoms with van der Waals surface area (Å²) in [4.78, 5) is 25.5. The number of fused-ring (bicyclic) bond motifs is 1. The highest BCUT2D eigenvalue weighted by Gasteiger charge is 2.20. The molecule has 9 heteroatoms. The van der Waals surface area contributed by atoms with Crippen LogP contribution in [-0.2, 0) is 0 Å². The standard InChI is InChI=1S/C19H15FN6O2/c20-12-3-1-2-10(6-12)14-8-16(22-13-4-5-13)26-17(23-14)11(9-21-26)7-15-18(27)25-19(28)24-15/h1-3,6-9,13,27H,4-5H2,(H2,24,25,28). The van der Waals surface area contributed by atoms with Gasteiger partial charge in [-0.2, -0.15) is 9.61 Å². The van der Waals surface area contributed by atoms with Gasteiger partial charge in [-0.25, -0.2) is 14.2 Å². The normalized spacial score (nSPS) is 15.6. The molecule has 0 bridgehead atoms. The third kappa shape index (κ3) is 2.96. The van der Waals surface area contributed by atoms with Gasteiger partial charge in [-0.1, -0.05) is 12.1 Å². The molecule has 1 aliphatic carbocycles. The second-order valence-corrected chi connectivity index (χ2v) is 6.69. The number of aromatic hydroxyl groups is 1. The maximum absolute atomic E-state index is 13.7.